The molecule has 3 aromatic rings. The average molecular weight is 369 g/mol. The summed E-state index contributed by atoms with van der Waals surface area (Å²) in [6.45, 7) is 3.76. The Balaban J connectivity index is 1.73. The number of nitrogens with zero attached hydrogens (tertiary/aromatic N) is 3. The summed E-state index contributed by atoms with van der Waals surface area (Å²) >= 11 is 5.85. The van der Waals surface area contributed by atoms with Crippen molar-refractivity contribution in [2.75, 3.05) is 5.32 Å². The predicted octanol–water partition coefficient (Wildman–Crippen LogP) is 3.21. The normalized spacial score (nSPS) is 10.6. The van der Waals surface area contributed by atoms with Crippen LogP contribution in [-0.4, -0.2) is 20.7 Å². The van der Waals surface area contributed by atoms with E-state index < -0.39 is 5.69 Å². The van der Waals surface area contributed by atoms with Gasteiger partial charge >= 0.3 is 5.69 Å². The molecule has 0 aliphatic rings. The molecule has 3 rings (SSSR count). The third-order valence-corrected chi connectivity index (χ3v) is 4.23. The smallest absolute Gasteiger partial charge is 0.324 e. The van der Waals surface area contributed by atoms with Gasteiger partial charge in [0.05, 0.1) is 11.9 Å². The topological polar surface area (TPSA) is 76.9 Å². The molecule has 132 valence electrons. The highest BCUT2D eigenvalue weighted by molar-refractivity contribution is 6.30. The molecule has 1 N–H and O–H groups in total. The first-order chi connectivity index (χ1) is 12.4. The van der Waals surface area contributed by atoms with E-state index in [1.807, 2.05) is 32.0 Å². The molecule has 1 amide bonds. The molecule has 0 spiro atoms. The van der Waals surface area contributed by atoms with Crippen molar-refractivity contribution >= 4 is 23.2 Å². The van der Waals surface area contributed by atoms with Crippen molar-refractivity contribution < 1.29 is 4.79 Å². The predicted molar refractivity (Wildman–Crippen MR) is 101 cm³/mol. The van der Waals surface area contributed by atoms with Crippen molar-refractivity contribution in [3.05, 3.63) is 75.3 Å². The molecule has 0 fully saturated rings. The SMILES string of the molecule is Cc1ccc(NC(=O)Cn2ncc(-c3ccc(Cl)cc3)nc2=O)cc1C. The quantitative estimate of drug-likeness (QED) is 0.767. The number of carbonyl (C=O) groups excluding carboxylic acids is 1. The maximum Gasteiger partial charge on any atom is 0.365 e. The zero-order valence-electron chi connectivity index (χ0n) is 14.4. The van der Waals surface area contributed by atoms with E-state index >= 15 is 0 Å². The number of halogens is 1. The Hall–Kier alpha value is -2.99. The summed E-state index contributed by atoms with van der Waals surface area (Å²) < 4.78 is 1.02. The van der Waals surface area contributed by atoms with Gasteiger partial charge in [0.2, 0.25) is 5.91 Å². The van der Waals surface area contributed by atoms with Gasteiger partial charge in [-0.2, -0.15) is 10.1 Å². The fraction of sp³-hybridized carbons (Fsp3) is 0.158. The lowest BCUT2D eigenvalue weighted by molar-refractivity contribution is -0.117. The molecule has 0 unspecified atom stereocenters. The lowest BCUT2D eigenvalue weighted by Crippen LogP contribution is -2.31. The van der Waals surface area contributed by atoms with Crippen LogP contribution in [0.5, 0.6) is 0 Å². The molecule has 26 heavy (non-hydrogen) atoms. The lowest BCUT2D eigenvalue weighted by Gasteiger charge is -2.08. The third-order valence-electron chi connectivity index (χ3n) is 3.98. The molecule has 0 saturated heterocycles. The Bertz CT molecular complexity index is 1010. The van der Waals surface area contributed by atoms with Gasteiger partial charge in [-0.25, -0.2) is 9.48 Å². The van der Waals surface area contributed by atoms with E-state index in [4.69, 9.17) is 11.6 Å². The van der Waals surface area contributed by atoms with Crippen LogP contribution in [0.2, 0.25) is 5.02 Å². The highest BCUT2D eigenvalue weighted by Crippen LogP contribution is 2.17. The maximum absolute atomic E-state index is 12.2. The molecule has 2 aromatic carbocycles. The first-order valence-corrected chi connectivity index (χ1v) is 8.37. The Morgan fingerprint density at radius 2 is 1.85 bits per heavy atom. The van der Waals surface area contributed by atoms with Gasteiger partial charge in [-0.15, -0.1) is 0 Å². The Labute approximate surface area is 155 Å². The van der Waals surface area contributed by atoms with Crippen LogP contribution in [0.3, 0.4) is 0 Å². The molecule has 6 nitrogen and oxygen atoms in total. The summed E-state index contributed by atoms with van der Waals surface area (Å²) in [6.07, 6.45) is 1.45. The van der Waals surface area contributed by atoms with Crippen molar-refractivity contribution in [2.45, 2.75) is 20.4 Å². The number of carbonyl (C=O) groups is 1. The van der Waals surface area contributed by atoms with Gasteiger partial charge in [0.25, 0.3) is 0 Å². The van der Waals surface area contributed by atoms with Crippen molar-refractivity contribution in [3.8, 4) is 11.3 Å². The molecule has 7 heteroatoms. The summed E-state index contributed by atoms with van der Waals surface area (Å²) in [6, 6.07) is 12.6. The molecule has 1 heterocycles. The van der Waals surface area contributed by atoms with Crippen LogP contribution in [0.15, 0.2) is 53.5 Å². The van der Waals surface area contributed by atoms with Crippen LogP contribution < -0.4 is 11.0 Å². The van der Waals surface area contributed by atoms with Crippen LogP contribution in [-0.2, 0) is 11.3 Å². The number of aromatic nitrogens is 3. The monoisotopic (exact) mass is 368 g/mol. The standard InChI is InChI=1S/C19H17ClN4O2/c1-12-3-8-16(9-13(12)2)22-18(25)11-24-19(26)23-17(10-21-24)14-4-6-15(20)7-5-14/h3-10H,11H2,1-2H3,(H,22,25). The van der Waals surface area contributed by atoms with Crippen LogP contribution >= 0.6 is 11.6 Å². The minimum absolute atomic E-state index is 0.209. The highest BCUT2D eigenvalue weighted by atomic mass is 35.5. The number of hydrogen-bond acceptors (Lipinski definition) is 4. The molecule has 0 saturated carbocycles. The van der Waals surface area contributed by atoms with Gasteiger partial charge in [-0.05, 0) is 49.2 Å². The number of rotatable bonds is 4. The van der Waals surface area contributed by atoms with Crippen LogP contribution in [0.1, 0.15) is 11.1 Å². The van der Waals surface area contributed by atoms with E-state index in [1.165, 1.54) is 6.20 Å². The third kappa shape index (κ3) is 4.15. The largest absolute Gasteiger partial charge is 0.365 e. The molecule has 0 radical (unpaired) electrons. The maximum atomic E-state index is 12.2. The second-order valence-electron chi connectivity index (χ2n) is 5.94. The first kappa shape index (κ1) is 17.8. The zero-order valence-corrected chi connectivity index (χ0v) is 15.1. The summed E-state index contributed by atoms with van der Waals surface area (Å²) in [5, 5.41) is 7.39. The van der Waals surface area contributed by atoms with Gasteiger partial charge in [-0.3, -0.25) is 4.79 Å². The summed E-state index contributed by atoms with van der Waals surface area (Å²) in [7, 11) is 0. The van der Waals surface area contributed by atoms with Crippen molar-refractivity contribution in [1.82, 2.24) is 14.8 Å². The van der Waals surface area contributed by atoms with Crippen molar-refractivity contribution in [3.63, 3.8) is 0 Å². The molecule has 0 atom stereocenters. The van der Waals surface area contributed by atoms with E-state index in [-0.39, 0.29) is 12.5 Å². The van der Waals surface area contributed by atoms with Gasteiger partial charge in [0.15, 0.2) is 0 Å². The van der Waals surface area contributed by atoms with E-state index in [0.29, 0.717) is 16.4 Å². The van der Waals surface area contributed by atoms with Crippen LogP contribution in [0.25, 0.3) is 11.3 Å². The molecule has 0 aliphatic carbocycles. The summed E-state index contributed by atoms with van der Waals surface area (Å²) in [5.74, 6) is -0.344. The second kappa shape index (κ2) is 7.49. The number of nitrogens with one attached hydrogen (secondary N) is 1. The number of benzene rings is 2. The molecule has 0 aliphatic heterocycles. The van der Waals surface area contributed by atoms with E-state index in [9.17, 15) is 9.59 Å². The fourth-order valence-corrected chi connectivity index (χ4v) is 2.51. The minimum atomic E-state index is -0.590. The van der Waals surface area contributed by atoms with E-state index in [1.54, 1.807) is 24.3 Å². The van der Waals surface area contributed by atoms with E-state index in [2.05, 4.69) is 15.4 Å². The van der Waals surface area contributed by atoms with Gasteiger partial charge in [0, 0.05) is 16.3 Å². The lowest BCUT2D eigenvalue weighted by atomic mass is 10.1. The molecule has 0 bridgehead atoms. The van der Waals surface area contributed by atoms with Gasteiger partial charge in [0.1, 0.15) is 6.54 Å². The Morgan fingerprint density at radius 1 is 1.12 bits per heavy atom. The average Bonchev–Trinajstić information content (AvgIpc) is 2.60. The van der Waals surface area contributed by atoms with E-state index in [0.717, 1.165) is 21.4 Å². The Morgan fingerprint density at radius 3 is 2.50 bits per heavy atom. The number of amides is 1. The fourth-order valence-electron chi connectivity index (χ4n) is 2.39. The number of aryl methyl sites for hydroxylation is 2. The number of hydrogen-bond donors (Lipinski definition) is 1. The van der Waals surface area contributed by atoms with Crippen LogP contribution in [0, 0.1) is 13.8 Å². The first-order valence-electron chi connectivity index (χ1n) is 7.99. The molecular formula is C19H17ClN4O2. The summed E-state index contributed by atoms with van der Waals surface area (Å²) in [4.78, 5) is 28.3. The minimum Gasteiger partial charge on any atom is -0.324 e. The summed E-state index contributed by atoms with van der Waals surface area (Å²) in [5.41, 5.74) is 3.46. The number of anilines is 1. The Kier molecular flexibility index (Phi) is 5.14. The molecule has 1 aromatic heterocycles. The molecular weight excluding hydrogens is 352 g/mol. The van der Waals surface area contributed by atoms with Crippen molar-refractivity contribution in [1.29, 1.82) is 0 Å². The highest BCUT2D eigenvalue weighted by Gasteiger charge is 2.09. The van der Waals surface area contributed by atoms with Gasteiger partial charge in [-0.1, -0.05) is 29.8 Å². The zero-order chi connectivity index (χ0) is 18.7. The van der Waals surface area contributed by atoms with Crippen LogP contribution in [0.4, 0.5) is 5.69 Å². The van der Waals surface area contributed by atoms with Crippen molar-refractivity contribution in [2.24, 2.45) is 0 Å². The second-order valence-corrected chi connectivity index (χ2v) is 6.37. The van der Waals surface area contributed by atoms with Gasteiger partial charge < -0.3 is 5.32 Å².